The molecule has 0 radical (unpaired) electrons. The lowest BCUT2D eigenvalue weighted by Gasteiger charge is -2.02. The first-order valence-corrected chi connectivity index (χ1v) is 8.91. The number of aromatic hydroxyl groups is 1. The van der Waals surface area contributed by atoms with Crippen LogP contribution in [0.1, 0.15) is 0 Å². The van der Waals surface area contributed by atoms with Crippen molar-refractivity contribution in [2.24, 2.45) is 0 Å². The van der Waals surface area contributed by atoms with Gasteiger partial charge >= 0.3 is 30.4 Å². The molecular weight excluding hydrogens is 411 g/mol. The molecule has 5 nitrogen and oxygen atoms in total. The maximum atomic E-state index is 12.2. The number of halogens is 1. The number of hydrogen-bond acceptors (Lipinski definition) is 5. The van der Waals surface area contributed by atoms with E-state index in [1.165, 1.54) is 7.11 Å². The zero-order chi connectivity index (χ0) is 16.4. The van der Waals surface area contributed by atoms with Crippen LogP contribution in [0.4, 0.5) is 0 Å². The topological polar surface area (TPSA) is 68.9 Å². The Morgan fingerprint density at radius 1 is 1.00 bits per heavy atom. The first kappa shape index (κ1) is 15.7. The molecule has 0 atom stereocenters. The first-order valence-electron chi connectivity index (χ1n) is 6.75. The Labute approximate surface area is 142 Å². The summed E-state index contributed by atoms with van der Waals surface area (Å²) < 4.78 is 16.9. The van der Waals surface area contributed by atoms with Gasteiger partial charge in [-0.05, 0) is 36.4 Å². The molecule has 0 spiro atoms. The summed E-state index contributed by atoms with van der Waals surface area (Å²) >= 11 is -0.862. The Hall–Kier alpha value is -2.22. The Morgan fingerprint density at radius 3 is 2.30 bits per heavy atom. The highest BCUT2D eigenvalue weighted by Gasteiger charge is 2.28. The molecule has 1 aromatic heterocycles. The van der Waals surface area contributed by atoms with Gasteiger partial charge in [-0.3, -0.25) is 0 Å². The fraction of sp³-hybridized carbons (Fsp3) is 0.118. The van der Waals surface area contributed by atoms with E-state index in [2.05, 4.69) is 0 Å². The third kappa shape index (κ3) is 3.12. The van der Waals surface area contributed by atoms with E-state index in [0.29, 0.717) is 20.3 Å². The third-order valence-corrected chi connectivity index (χ3v) is 6.12. The van der Waals surface area contributed by atoms with Gasteiger partial charge < -0.3 is 19.0 Å². The molecule has 0 fully saturated rings. The monoisotopic (exact) mass is 425 g/mol. The van der Waals surface area contributed by atoms with Crippen LogP contribution in [0.2, 0.25) is 0 Å². The van der Waals surface area contributed by atoms with E-state index in [0.717, 1.165) is 9.32 Å². The Kier molecular flexibility index (Phi) is 4.42. The molecule has 0 unspecified atom stereocenters. The first-order chi connectivity index (χ1) is 11.1. The largest absolute Gasteiger partial charge is 0.503 e. The second kappa shape index (κ2) is 6.49. The van der Waals surface area contributed by atoms with Crippen molar-refractivity contribution in [1.82, 2.24) is 0 Å². The van der Waals surface area contributed by atoms with Crippen molar-refractivity contribution in [2.45, 2.75) is 0 Å². The van der Waals surface area contributed by atoms with E-state index in [4.69, 9.17) is 13.9 Å². The minimum atomic E-state index is -0.862. The summed E-state index contributed by atoms with van der Waals surface area (Å²) in [5.74, 6) is 1.31. The highest BCUT2D eigenvalue weighted by molar-refractivity contribution is 5.83. The van der Waals surface area contributed by atoms with Crippen molar-refractivity contribution < 1.29 is 40.2 Å². The van der Waals surface area contributed by atoms with Gasteiger partial charge in [0.2, 0.25) is 0 Å². The molecule has 0 bridgehead atoms. The number of rotatable bonds is 4. The van der Waals surface area contributed by atoms with E-state index in [-0.39, 0.29) is 5.75 Å². The molecule has 1 N–H and O–H groups in total. The van der Waals surface area contributed by atoms with Crippen LogP contribution in [0, 0.1) is 7.14 Å². The normalized spacial score (nSPS) is 10.7. The predicted octanol–water partition coefficient (Wildman–Crippen LogP) is -0.356. The minimum Gasteiger partial charge on any atom is -0.503 e. The van der Waals surface area contributed by atoms with Gasteiger partial charge in [0.05, 0.1) is 19.6 Å². The van der Waals surface area contributed by atoms with E-state index >= 15 is 0 Å². The van der Waals surface area contributed by atoms with Gasteiger partial charge in [-0.25, -0.2) is 4.79 Å². The molecule has 3 aromatic rings. The lowest BCUT2D eigenvalue weighted by Crippen LogP contribution is -3.62. The van der Waals surface area contributed by atoms with Gasteiger partial charge in [-0.2, -0.15) is 0 Å². The molecule has 1 heterocycles. The van der Waals surface area contributed by atoms with Crippen LogP contribution in [0.25, 0.3) is 11.0 Å². The third-order valence-electron chi connectivity index (χ3n) is 3.29. The molecule has 2 aromatic carbocycles. The number of fused-ring (bicyclic) bond motifs is 1. The molecule has 23 heavy (non-hydrogen) atoms. The van der Waals surface area contributed by atoms with Crippen LogP contribution in [0.5, 0.6) is 17.2 Å². The van der Waals surface area contributed by atoms with Gasteiger partial charge in [0.15, 0.2) is 9.32 Å². The Balaban J connectivity index is 2.04. The fourth-order valence-electron chi connectivity index (χ4n) is 2.10. The maximum Gasteiger partial charge on any atom is 0.394 e. The smallest absolute Gasteiger partial charge is 0.394 e. The summed E-state index contributed by atoms with van der Waals surface area (Å²) in [4.78, 5) is 12.2. The Bertz CT molecular complexity index is 899. The molecule has 0 saturated carbocycles. The van der Waals surface area contributed by atoms with E-state index in [1.54, 1.807) is 25.3 Å². The van der Waals surface area contributed by atoms with Gasteiger partial charge in [-0.15, -0.1) is 0 Å². The van der Waals surface area contributed by atoms with Crippen molar-refractivity contribution in [3.63, 3.8) is 0 Å². The summed E-state index contributed by atoms with van der Waals surface area (Å²) in [5.41, 5.74) is -0.193. The lowest BCUT2D eigenvalue weighted by atomic mass is 10.2. The van der Waals surface area contributed by atoms with Crippen LogP contribution in [0.15, 0.2) is 51.7 Å². The minimum absolute atomic E-state index is 0.0116. The van der Waals surface area contributed by atoms with Crippen LogP contribution in [-0.4, -0.2) is 19.3 Å². The second-order valence-corrected chi connectivity index (χ2v) is 7.53. The zero-order valence-corrected chi connectivity index (χ0v) is 14.7. The highest BCUT2D eigenvalue weighted by Crippen LogP contribution is 2.26. The number of hydrogen-bond donors (Lipinski definition) is 1. The summed E-state index contributed by atoms with van der Waals surface area (Å²) in [6.45, 7) is 0. The fourth-order valence-corrected chi connectivity index (χ4v) is 4.31. The van der Waals surface area contributed by atoms with E-state index < -0.39 is 26.8 Å². The lowest BCUT2D eigenvalue weighted by molar-refractivity contribution is -0.600. The summed E-state index contributed by atoms with van der Waals surface area (Å²) in [6, 6.07) is 12.4. The molecule has 0 aliphatic heterocycles. The van der Waals surface area contributed by atoms with Gasteiger partial charge in [0.1, 0.15) is 17.1 Å². The van der Waals surface area contributed by atoms with Crippen molar-refractivity contribution in [3.05, 3.63) is 60.0 Å². The predicted molar refractivity (Wildman–Crippen MR) is 81.1 cm³/mol. The highest BCUT2D eigenvalue weighted by atomic mass is 127. The van der Waals surface area contributed by atoms with Crippen molar-refractivity contribution in [2.75, 3.05) is 14.2 Å². The molecule has 0 amide bonds. The summed E-state index contributed by atoms with van der Waals surface area (Å²) in [6.07, 6.45) is 0. The molecular formula is C17H14IO5+. The van der Waals surface area contributed by atoms with Crippen LogP contribution in [0.3, 0.4) is 0 Å². The molecule has 3 rings (SSSR count). The second-order valence-electron chi connectivity index (χ2n) is 4.67. The number of methoxy groups -OCH3 is 2. The van der Waals surface area contributed by atoms with Crippen molar-refractivity contribution in [1.29, 1.82) is 0 Å². The molecule has 0 saturated heterocycles. The number of benzene rings is 2. The van der Waals surface area contributed by atoms with Crippen molar-refractivity contribution in [3.8, 4) is 17.2 Å². The quantitative estimate of drug-likeness (QED) is 0.457. The maximum absolute atomic E-state index is 12.2. The van der Waals surface area contributed by atoms with Crippen LogP contribution >= 0.6 is 0 Å². The number of ether oxygens (including phenoxy) is 2. The van der Waals surface area contributed by atoms with Gasteiger partial charge in [0.25, 0.3) is 0 Å². The average molecular weight is 425 g/mol. The van der Waals surface area contributed by atoms with E-state index in [9.17, 15) is 9.90 Å². The van der Waals surface area contributed by atoms with Gasteiger partial charge in [0, 0.05) is 6.07 Å². The van der Waals surface area contributed by atoms with Crippen LogP contribution in [-0.2, 0) is 0 Å². The molecule has 118 valence electrons. The van der Waals surface area contributed by atoms with E-state index in [1.807, 2.05) is 24.3 Å². The Morgan fingerprint density at radius 2 is 1.65 bits per heavy atom. The average Bonchev–Trinajstić information content (AvgIpc) is 2.58. The summed E-state index contributed by atoms with van der Waals surface area (Å²) in [7, 11) is 3.13. The summed E-state index contributed by atoms with van der Waals surface area (Å²) in [5, 5.41) is 11.0. The molecule has 0 aliphatic carbocycles. The standard InChI is InChI=1S/C17H13IO5/c1-21-11-5-3-10(4-6-11)18-15-16(19)13-8-7-12(22-2)9-14(13)23-17(15)20/h3-9H,1-2H3/p+1. The van der Waals surface area contributed by atoms with Crippen LogP contribution < -0.4 is 36.3 Å². The van der Waals surface area contributed by atoms with Crippen molar-refractivity contribution >= 4 is 11.0 Å². The zero-order valence-electron chi connectivity index (χ0n) is 12.5. The van der Waals surface area contributed by atoms with Gasteiger partial charge in [-0.1, -0.05) is 0 Å². The molecule has 6 heteroatoms. The molecule has 0 aliphatic rings. The SMILES string of the molecule is COc1ccc([I+]c2c(O)c3ccc(OC)cc3oc2=O)cc1.